The fourth-order valence-electron chi connectivity index (χ4n) is 0.230. The molecule has 0 aromatic carbocycles. The monoisotopic (exact) mass is 120 g/mol. The van der Waals surface area contributed by atoms with E-state index in [1.807, 2.05) is 6.92 Å². The minimum Gasteiger partial charge on any atom is -0.130 e. The van der Waals surface area contributed by atoms with Gasteiger partial charge in [-0.1, -0.05) is 6.08 Å². The molecule has 0 atom stereocenters. The van der Waals surface area contributed by atoms with E-state index >= 15 is 0 Å². The van der Waals surface area contributed by atoms with Crippen molar-refractivity contribution in [3.05, 3.63) is 11.8 Å². The highest BCUT2D eigenvalue weighted by Crippen LogP contribution is 1.71. The number of halogens is 1. The third-order valence-corrected chi connectivity index (χ3v) is 2.19. The van der Waals surface area contributed by atoms with Gasteiger partial charge in [-0.3, -0.25) is 0 Å². The molecule has 0 aliphatic heterocycles. The summed E-state index contributed by atoms with van der Waals surface area (Å²) in [6, 6.07) is 0. The lowest BCUT2D eigenvalue weighted by molar-refractivity contribution is 1.77. The average Bonchev–Trinajstić information content (AvgIpc) is 1.61. The van der Waals surface area contributed by atoms with Crippen LogP contribution in [-0.4, -0.2) is 15.0 Å². The summed E-state index contributed by atoms with van der Waals surface area (Å²) in [4.78, 5) is 0. The molecule has 6 heavy (non-hydrogen) atoms. The van der Waals surface area contributed by atoms with Crippen LogP contribution in [0.4, 0.5) is 0 Å². The summed E-state index contributed by atoms with van der Waals surface area (Å²) in [6.45, 7) is 2.03. The Kier molecular flexibility index (Phi) is 5.46. The lowest BCUT2D eigenvalue weighted by atomic mass is 10.8. The molecule has 0 N–H and O–H groups in total. The van der Waals surface area contributed by atoms with Crippen molar-refractivity contribution < 1.29 is 0 Å². The number of allylic oxidation sites excluding steroid dienone is 1. The van der Waals surface area contributed by atoms with Crippen LogP contribution < -0.4 is 0 Å². The summed E-state index contributed by atoms with van der Waals surface area (Å²) in [5, 5.41) is 0. The Hall–Kier alpha value is 0.247. The molecule has 2 heteroatoms. The van der Waals surface area contributed by atoms with Crippen LogP contribution in [0.25, 0.3) is 0 Å². The van der Waals surface area contributed by atoms with Gasteiger partial charge in [-0.2, -0.15) is 0 Å². The van der Waals surface area contributed by atoms with E-state index < -0.39 is 0 Å². The van der Waals surface area contributed by atoms with Gasteiger partial charge in [0.25, 0.3) is 0 Å². The van der Waals surface area contributed by atoms with Crippen molar-refractivity contribution in [3.8, 4) is 0 Å². The Labute approximate surface area is 46.0 Å². The maximum atomic E-state index is 5.39. The Morgan fingerprint density at radius 3 is 2.67 bits per heavy atom. The summed E-state index contributed by atoms with van der Waals surface area (Å²) < 4.78 is 0. The zero-order chi connectivity index (χ0) is 4.83. The molecule has 0 heterocycles. The Balaban J connectivity index is 2.66. The molecule has 0 fully saturated rings. The van der Waals surface area contributed by atoms with E-state index in [0.717, 1.165) is 5.50 Å². The van der Waals surface area contributed by atoms with Gasteiger partial charge in [-0.25, -0.2) is 0 Å². The van der Waals surface area contributed by atoms with Crippen molar-refractivity contribution >= 4 is 21.1 Å². The second kappa shape index (κ2) is 5.25. The first kappa shape index (κ1) is 6.25. The molecule has 36 valence electrons. The summed E-state index contributed by atoms with van der Waals surface area (Å²) in [7, 11) is 0.00656. The minimum absolute atomic E-state index is 0.00656. The fraction of sp³-hybridized carbons (Fsp3) is 0.500. The molecule has 0 radical (unpaired) electrons. The quantitative estimate of drug-likeness (QED) is 0.375. The van der Waals surface area contributed by atoms with Gasteiger partial charge in [0.2, 0.25) is 0 Å². The summed E-state index contributed by atoms with van der Waals surface area (Å²) in [5.41, 5.74) is 3.07. The topological polar surface area (TPSA) is 0 Å². The molecule has 0 unspecified atom stereocenters. The van der Waals surface area contributed by atoms with E-state index in [1.54, 1.807) is 0 Å². The largest absolute Gasteiger partial charge is 0.130 e. The van der Waals surface area contributed by atoms with Crippen LogP contribution in [0.2, 0.25) is 0 Å². The van der Waals surface area contributed by atoms with Crippen LogP contribution in [0.3, 0.4) is 0 Å². The lowest BCUT2D eigenvalue weighted by Crippen LogP contribution is -1.82. The first-order valence-electron chi connectivity index (χ1n) is 2.09. The minimum atomic E-state index is 0.00656. The van der Waals surface area contributed by atoms with Crippen molar-refractivity contribution in [2.75, 3.05) is 5.50 Å². The van der Waals surface area contributed by atoms with Crippen LogP contribution in [-0.2, 0) is 0 Å². The van der Waals surface area contributed by atoms with Gasteiger partial charge in [-0.15, -0.1) is 17.3 Å². The van der Waals surface area contributed by atoms with E-state index in [4.69, 9.17) is 11.6 Å². The molecular formula is C4H9ClSi. The van der Waals surface area contributed by atoms with E-state index in [-0.39, 0.29) is 9.52 Å². The molecular weight excluding hydrogens is 112 g/mol. The van der Waals surface area contributed by atoms with Gasteiger partial charge in [0, 0.05) is 5.50 Å². The predicted octanol–water partition coefficient (Wildman–Crippen LogP) is 0.885. The predicted molar refractivity (Wildman–Crippen MR) is 34.1 cm³/mol. The van der Waals surface area contributed by atoms with Crippen molar-refractivity contribution in [2.24, 2.45) is 0 Å². The highest BCUT2D eigenvalue weighted by molar-refractivity contribution is 6.54. The molecule has 0 nitrogen and oxygen atoms in total. The van der Waals surface area contributed by atoms with Crippen LogP contribution in [0, 0.1) is 0 Å². The summed E-state index contributed by atoms with van der Waals surface area (Å²) in [6.07, 6.45) is 2.06. The zero-order valence-electron chi connectivity index (χ0n) is 3.95. The van der Waals surface area contributed by atoms with Crippen molar-refractivity contribution in [2.45, 2.75) is 6.92 Å². The van der Waals surface area contributed by atoms with E-state index in [1.165, 1.54) is 0 Å². The van der Waals surface area contributed by atoms with Crippen molar-refractivity contribution in [1.82, 2.24) is 0 Å². The van der Waals surface area contributed by atoms with E-state index in [0.29, 0.717) is 0 Å². The van der Waals surface area contributed by atoms with Crippen LogP contribution >= 0.6 is 11.6 Å². The van der Waals surface area contributed by atoms with E-state index in [9.17, 15) is 0 Å². The number of rotatable bonds is 2. The number of alkyl halides is 1. The first-order chi connectivity index (χ1) is 2.91. The third-order valence-electron chi connectivity index (χ3n) is 0.511. The van der Waals surface area contributed by atoms with Gasteiger partial charge in [0.15, 0.2) is 0 Å². The maximum Gasteiger partial charge on any atom is 0.0618 e. The normalized spacial score (nSPS) is 12.3. The third kappa shape index (κ3) is 4.25. The molecule has 0 aliphatic rings. The van der Waals surface area contributed by atoms with Crippen LogP contribution in [0.1, 0.15) is 6.92 Å². The van der Waals surface area contributed by atoms with Gasteiger partial charge in [0.1, 0.15) is 0 Å². The van der Waals surface area contributed by atoms with Gasteiger partial charge in [-0.05, 0) is 6.92 Å². The smallest absolute Gasteiger partial charge is 0.0618 e. The standard InChI is InChI=1S/C4H9ClSi/c1-2-3-6-4-5/h2-3H,4,6H2,1H3. The van der Waals surface area contributed by atoms with Crippen LogP contribution in [0.15, 0.2) is 11.8 Å². The molecule has 0 saturated heterocycles. The molecule has 0 saturated carbocycles. The Morgan fingerprint density at radius 2 is 2.50 bits per heavy atom. The highest BCUT2D eigenvalue weighted by Gasteiger charge is 1.69. The molecule has 0 aliphatic carbocycles. The Bertz CT molecular complexity index is 42.8. The second-order valence-electron chi connectivity index (χ2n) is 1.05. The lowest BCUT2D eigenvalue weighted by Gasteiger charge is -1.72. The van der Waals surface area contributed by atoms with Crippen molar-refractivity contribution in [1.29, 1.82) is 0 Å². The average molecular weight is 121 g/mol. The first-order valence-corrected chi connectivity index (χ1v) is 4.44. The molecule has 0 aromatic heterocycles. The van der Waals surface area contributed by atoms with Crippen molar-refractivity contribution in [3.63, 3.8) is 0 Å². The maximum absolute atomic E-state index is 5.39. The fourth-order valence-corrected chi connectivity index (χ4v) is 1.07. The molecule has 0 aromatic rings. The molecule has 0 spiro atoms. The number of hydrogen-bond donors (Lipinski definition) is 0. The number of hydrogen-bond acceptors (Lipinski definition) is 0. The molecule has 0 rings (SSSR count). The molecule has 0 amide bonds. The SMILES string of the molecule is CC=C[SiH2]CCl. The van der Waals surface area contributed by atoms with Gasteiger partial charge < -0.3 is 0 Å². The highest BCUT2D eigenvalue weighted by atomic mass is 35.5. The van der Waals surface area contributed by atoms with Crippen LogP contribution in [0.5, 0.6) is 0 Å². The second-order valence-corrected chi connectivity index (χ2v) is 3.61. The molecule has 0 bridgehead atoms. The summed E-state index contributed by atoms with van der Waals surface area (Å²) >= 11 is 5.39. The van der Waals surface area contributed by atoms with Gasteiger partial charge in [0.05, 0.1) is 9.52 Å². The Morgan fingerprint density at radius 1 is 1.83 bits per heavy atom. The van der Waals surface area contributed by atoms with E-state index in [2.05, 4.69) is 11.8 Å². The summed E-state index contributed by atoms with van der Waals surface area (Å²) in [5.74, 6) is 0. The van der Waals surface area contributed by atoms with Gasteiger partial charge >= 0.3 is 0 Å². The zero-order valence-corrected chi connectivity index (χ0v) is 6.12.